The molecule has 0 aliphatic rings. The van der Waals surface area contributed by atoms with Crippen LogP contribution in [0.2, 0.25) is 0 Å². The zero-order valence-corrected chi connectivity index (χ0v) is 11.7. The molecule has 0 aliphatic carbocycles. The Balaban J connectivity index is 3.02. The summed E-state index contributed by atoms with van der Waals surface area (Å²) < 4.78 is 16.3. The van der Waals surface area contributed by atoms with Gasteiger partial charge in [-0.2, -0.15) is 0 Å². The average Bonchev–Trinajstić information content (AvgIpc) is 2.30. The lowest BCUT2D eigenvalue weighted by Gasteiger charge is -2.25. The first kappa shape index (κ1) is 13.4. The molecule has 0 aliphatic heterocycles. The summed E-state index contributed by atoms with van der Waals surface area (Å²) >= 11 is 0. The smallest absolute Gasteiger partial charge is 0.377 e. The van der Waals surface area contributed by atoms with Gasteiger partial charge in [-0.25, -0.2) is 0 Å². The van der Waals surface area contributed by atoms with E-state index in [0.717, 1.165) is 6.04 Å². The van der Waals surface area contributed by atoms with Gasteiger partial charge in [-0.05, 0) is 30.5 Å². The van der Waals surface area contributed by atoms with Crippen LogP contribution >= 0.6 is 0 Å². The maximum Gasteiger partial charge on any atom is 0.504 e. The Labute approximate surface area is 98.7 Å². The molecule has 0 spiro atoms. The molecule has 0 heterocycles. The molecule has 1 aromatic rings. The van der Waals surface area contributed by atoms with E-state index in [4.69, 9.17) is 13.3 Å². The van der Waals surface area contributed by atoms with Gasteiger partial charge >= 0.3 is 8.80 Å². The molecular weight excluding hydrogens is 220 g/mol. The first-order valence-electron chi connectivity index (χ1n) is 5.29. The van der Waals surface area contributed by atoms with Gasteiger partial charge in [0.05, 0.1) is 0 Å². The molecular formula is C12H20O3Si. The van der Waals surface area contributed by atoms with E-state index >= 15 is 0 Å². The van der Waals surface area contributed by atoms with Gasteiger partial charge < -0.3 is 13.3 Å². The fourth-order valence-corrected chi connectivity index (χ4v) is 3.73. The van der Waals surface area contributed by atoms with E-state index in [1.807, 2.05) is 0 Å². The molecule has 0 saturated heterocycles. The second kappa shape index (κ2) is 5.59. The lowest BCUT2D eigenvalue weighted by Crippen LogP contribution is -2.46. The molecule has 0 unspecified atom stereocenters. The molecule has 4 heteroatoms. The van der Waals surface area contributed by atoms with Gasteiger partial charge in [-0.3, -0.25) is 0 Å². The highest BCUT2D eigenvalue weighted by Crippen LogP contribution is 2.20. The third kappa shape index (κ3) is 2.71. The summed E-state index contributed by atoms with van der Waals surface area (Å²) in [6.45, 7) is 4.20. The molecule has 0 aromatic heterocycles. The van der Waals surface area contributed by atoms with Crippen molar-refractivity contribution < 1.29 is 13.3 Å². The van der Waals surface area contributed by atoms with E-state index in [9.17, 15) is 0 Å². The predicted molar refractivity (Wildman–Crippen MR) is 66.4 cm³/mol. The van der Waals surface area contributed by atoms with Gasteiger partial charge in [0, 0.05) is 27.4 Å². The van der Waals surface area contributed by atoms with Gasteiger partial charge in [-0.1, -0.05) is 18.2 Å². The molecule has 0 atom stereocenters. The molecule has 0 radical (unpaired) electrons. The van der Waals surface area contributed by atoms with Crippen molar-refractivity contribution in [3.05, 3.63) is 34.9 Å². The minimum atomic E-state index is -2.52. The van der Waals surface area contributed by atoms with E-state index in [2.05, 4.69) is 32.0 Å². The fourth-order valence-electron chi connectivity index (χ4n) is 1.81. The van der Waals surface area contributed by atoms with Gasteiger partial charge in [0.25, 0.3) is 0 Å². The van der Waals surface area contributed by atoms with Crippen LogP contribution in [0.15, 0.2) is 18.2 Å². The Bertz CT molecular complexity index is 320. The normalized spacial score (nSPS) is 11.8. The van der Waals surface area contributed by atoms with Crippen LogP contribution < -0.4 is 0 Å². The van der Waals surface area contributed by atoms with Crippen molar-refractivity contribution in [2.75, 3.05) is 21.3 Å². The van der Waals surface area contributed by atoms with Gasteiger partial charge in [0.2, 0.25) is 0 Å². The maximum absolute atomic E-state index is 5.44. The number of aryl methyl sites for hydroxylation is 2. The van der Waals surface area contributed by atoms with Gasteiger partial charge in [-0.15, -0.1) is 0 Å². The van der Waals surface area contributed by atoms with E-state index in [1.165, 1.54) is 16.7 Å². The Kier molecular flexibility index (Phi) is 4.67. The zero-order chi connectivity index (χ0) is 12.2. The Morgan fingerprint density at radius 3 is 1.75 bits per heavy atom. The molecule has 0 N–H and O–H groups in total. The molecule has 0 fully saturated rings. The molecule has 90 valence electrons. The summed E-state index contributed by atoms with van der Waals surface area (Å²) in [4.78, 5) is 0. The van der Waals surface area contributed by atoms with Crippen LogP contribution in [0.1, 0.15) is 16.7 Å². The van der Waals surface area contributed by atoms with Crippen LogP contribution in [-0.2, 0) is 19.3 Å². The fraction of sp³-hybridized carbons (Fsp3) is 0.500. The van der Waals surface area contributed by atoms with E-state index in [0.29, 0.717) is 0 Å². The van der Waals surface area contributed by atoms with Crippen LogP contribution in [0.3, 0.4) is 0 Å². The average molecular weight is 240 g/mol. The molecule has 16 heavy (non-hydrogen) atoms. The van der Waals surface area contributed by atoms with Crippen molar-refractivity contribution in [2.24, 2.45) is 0 Å². The minimum Gasteiger partial charge on any atom is -0.377 e. The van der Waals surface area contributed by atoms with Crippen LogP contribution in [0.25, 0.3) is 0 Å². The first-order chi connectivity index (χ1) is 7.58. The summed E-state index contributed by atoms with van der Waals surface area (Å²) in [5.41, 5.74) is 3.77. The summed E-state index contributed by atoms with van der Waals surface area (Å²) in [7, 11) is 2.42. The highest BCUT2D eigenvalue weighted by atomic mass is 28.4. The maximum atomic E-state index is 5.44. The van der Waals surface area contributed by atoms with Crippen molar-refractivity contribution in [1.82, 2.24) is 0 Å². The third-order valence-electron chi connectivity index (χ3n) is 2.97. The van der Waals surface area contributed by atoms with E-state index in [1.54, 1.807) is 21.3 Å². The van der Waals surface area contributed by atoms with Crippen molar-refractivity contribution >= 4 is 8.80 Å². The highest BCUT2D eigenvalue weighted by Gasteiger charge is 2.38. The van der Waals surface area contributed by atoms with Gasteiger partial charge in [0.15, 0.2) is 0 Å². The monoisotopic (exact) mass is 240 g/mol. The lowest BCUT2D eigenvalue weighted by atomic mass is 10.1. The van der Waals surface area contributed by atoms with Crippen LogP contribution in [0.4, 0.5) is 0 Å². The van der Waals surface area contributed by atoms with Gasteiger partial charge in [0.1, 0.15) is 0 Å². The van der Waals surface area contributed by atoms with Crippen LogP contribution in [-0.4, -0.2) is 30.1 Å². The first-order valence-corrected chi connectivity index (χ1v) is 7.22. The number of rotatable bonds is 5. The lowest BCUT2D eigenvalue weighted by molar-refractivity contribution is 0.122. The van der Waals surface area contributed by atoms with E-state index in [-0.39, 0.29) is 0 Å². The summed E-state index contributed by atoms with van der Waals surface area (Å²) in [6.07, 6.45) is 0. The molecule has 0 bridgehead atoms. The van der Waals surface area contributed by atoms with Crippen molar-refractivity contribution in [3.8, 4) is 0 Å². The molecule has 0 amide bonds. The Hall–Kier alpha value is -0.683. The van der Waals surface area contributed by atoms with Crippen molar-refractivity contribution in [2.45, 2.75) is 19.9 Å². The highest BCUT2D eigenvalue weighted by molar-refractivity contribution is 6.60. The quantitative estimate of drug-likeness (QED) is 0.739. The molecule has 1 aromatic carbocycles. The van der Waals surface area contributed by atoms with Crippen LogP contribution in [0.5, 0.6) is 0 Å². The largest absolute Gasteiger partial charge is 0.504 e. The van der Waals surface area contributed by atoms with Crippen molar-refractivity contribution in [1.29, 1.82) is 0 Å². The molecule has 1 rings (SSSR count). The number of benzene rings is 1. The third-order valence-corrected chi connectivity index (χ3v) is 5.62. The second-order valence-electron chi connectivity index (χ2n) is 3.84. The minimum absolute atomic E-state index is 0.717. The van der Waals surface area contributed by atoms with Crippen LogP contribution in [0, 0.1) is 13.8 Å². The Morgan fingerprint density at radius 2 is 1.38 bits per heavy atom. The van der Waals surface area contributed by atoms with Crippen molar-refractivity contribution in [3.63, 3.8) is 0 Å². The molecule has 3 nitrogen and oxygen atoms in total. The Morgan fingerprint density at radius 1 is 0.938 bits per heavy atom. The molecule has 0 saturated carbocycles. The topological polar surface area (TPSA) is 27.7 Å². The number of hydrogen-bond acceptors (Lipinski definition) is 3. The number of hydrogen-bond donors (Lipinski definition) is 0. The zero-order valence-electron chi connectivity index (χ0n) is 10.7. The summed E-state index contributed by atoms with van der Waals surface area (Å²) in [5.74, 6) is 0. The standard InChI is InChI=1S/C12H20O3Si/c1-10-7-6-8-11(2)12(10)9-16(13-3,14-4)15-5/h6-8H,9H2,1-5H3. The predicted octanol–water partition coefficient (Wildman–Crippen LogP) is 2.26. The summed E-state index contributed by atoms with van der Waals surface area (Å²) in [6, 6.07) is 6.98. The summed E-state index contributed by atoms with van der Waals surface area (Å²) in [5, 5.41) is 0. The van der Waals surface area contributed by atoms with E-state index < -0.39 is 8.80 Å². The SMILES string of the molecule is CO[Si](Cc1c(C)cccc1C)(OC)OC. The second-order valence-corrected chi connectivity index (χ2v) is 6.79.